The van der Waals surface area contributed by atoms with Crippen molar-refractivity contribution in [2.45, 2.75) is 58.4 Å². The zero-order chi connectivity index (χ0) is 13.2. The van der Waals surface area contributed by atoms with E-state index in [4.69, 9.17) is 14.2 Å². The van der Waals surface area contributed by atoms with Gasteiger partial charge in [-0.15, -0.1) is 0 Å². The van der Waals surface area contributed by atoms with Gasteiger partial charge in [-0.3, -0.25) is 4.57 Å². The van der Waals surface area contributed by atoms with Crippen LogP contribution in [-0.4, -0.2) is 22.4 Å². The average Bonchev–Trinajstić information content (AvgIpc) is 1.95. The molecule has 0 aromatic rings. The van der Waals surface area contributed by atoms with E-state index >= 15 is 0 Å². The highest BCUT2D eigenvalue weighted by Gasteiger charge is 2.40. The standard InChI is InChI=1S/C9H26NO3PSi2/c1-8-9(10)14(11,12-15(2,3)4)13-16(5,6)7/h9H,8,10H2,1-7H3. The lowest BCUT2D eigenvalue weighted by atomic mass is 10.5. The van der Waals surface area contributed by atoms with Crippen molar-refractivity contribution in [1.29, 1.82) is 0 Å². The number of nitrogens with two attached hydrogens (primary N) is 1. The van der Waals surface area contributed by atoms with Gasteiger partial charge in [0.1, 0.15) is 5.78 Å². The highest BCUT2D eigenvalue weighted by Crippen LogP contribution is 2.56. The van der Waals surface area contributed by atoms with E-state index in [9.17, 15) is 4.57 Å². The smallest absolute Gasteiger partial charge is 0.327 e. The predicted octanol–water partition coefficient (Wildman–Crippen LogP) is 3.58. The van der Waals surface area contributed by atoms with E-state index in [0.717, 1.165) is 0 Å². The van der Waals surface area contributed by atoms with Crippen LogP contribution in [0.2, 0.25) is 39.3 Å². The molecule has 4 nitrogen and oxygen atoms in total. The zero-order valence-corrected chi connectivity index (χ0v) is 14.4. The van der Waals surface area contributed by atoms with Crippen molar-refractivity contribution < 1.29 is 13.0 Å². The first kappa shape index (κ1) is 16.5. The molecule has 16 heavy (non-hydrogen) atoms. The van der Waals surface area contributed by atoms with Crippen LogP contribution in [0.1, 0.15) is 13.3 Å². The van der Waals surface area contributed by atoms with Gasteiger partial charge in [-0.25, -0.2) is 0 Å². The predicted molar refractivity (Wildman–Crippen MR) is 74.7 cm³/mol. The van der Waals surface area contributed by atoms with Crippen molar-refractivity contribution in [3.63, 3.8) is 0 Å². The van der Waals surface area contributed by atoms with Crippen LogP contribution in [0.15, 0.2) is 0 Å². The lowest BCUT2D eigenvalue weighted by Crippen LogP contribution is -2.35. The first-order valence-electron chi connectivity index (χ1n) is 5.66. The van der Waals surface area contributed by atoms with Crippen LogP contribution in [-0.2, 0) is 13.0 Å². The quantitative estimate of drug-likeness (QED) is 0.598. The average molecular weight is 283 g/mol. The molecule has 0 aliphatic heterocycles. The summed E-state index contributed by atoms with van der Waals surface area (Å²) in [6, 6.07) is 0. The molecule has 0 saturated carbocycles. The highest BCUT2D eigenvalue weighted by molar-refractivity contribution is 7.57. The van der Waals surface area contributed by atoms with Crippen molar-refractivity contribution in [3.05, 3.63) is 0 Å². The normalized spacial score (nSPS) is 16.2. The highest BCUT2D eigenvalue weighted by atomic mass is 31.2. The third-order valence-corrected chi connectivity index (χ3v) is 9.22. The molecule has 0 aromatic carbocycles. The fourth-order valence-corrected chi connectivity index (χ4v) is 9.26. The summed E-state index contributed by atoms with van der Waals surface area (Å²) in [4.78, 5) is 0. The van der Waals surface area contributed by atoms with Crippen LogP contribution < -0.4 is 5.73 Å². The van der Waals surface area contributed by atoms with E-state index < -0.39 is 30.0 Å². The summed E-state index contributed by atoms with van der Waals surface area (Å²) < 4.78 is 24.1. The Bertz CT molecular complexity index is 253. The summed E-state index contributed by atoms with van der Waals surface area (Å²) in [6.45, 7) is 13.9. The Morgan fingerprint density at radius 1 is 1.06 bits per heavy atom. The molecule has 98 valence electrons. The van der Waals surface area contributed by atoms with Crippen LogP contribution >= 0.6 is 7.60 Å². The Labute approximate surface area is 102 Å². The molecule has 0 aliphatic carbocycles. The third-order valence-electron chi connectivity index (χ3n) is 1.63. The lowest BCUT2D eigenvalue weighted by Gasteiger charge is -2.33. The monoisotopic (exact) mass is 283 g/mol. The molecule has 0 aromatic heterocycles. The zero-order valence-electron chi connectivity index (χ0n) is 11.5. The molecule has 0 rings (SSSR count). The van der Waals surface area contributed by atoms with Gasteiger partial charge >= 0.3 is 7.60 Å². The molecule has 0 radical (unpaired) electrons. The summed E-state index contributed by atoms with van der Waals surface area (Å²) in [5.74, 6) is -0.508. The van der Waals surface area contributed by atoms with Crippen LogP contribution in [0.5, 0.6) is 0 Å². The molecule has 0 bridgehead atoms. The molecule has 0 amide bonds. The van der Waals surface area contributed by atoms with Gasteiger partial charge in [0, 0.05) is 0 Å². The van der Waals surface area contributed by atoms with Gasteiger partial charge in [0.15, 0.2) is 16.6 Å². The van der Waals surface area contributed by atoms with Gasteiger partial charge in [-0.2, -0.15) is 0 Å². The maximum Gasteiger partial charge on any atom is 0.327 e. The van der Waals surface area contributed by atoms with Gasteiger partial charge in [-0.05, 0) is 45.7 Å². The van der Waals surface area contributed by atoms with Crippen molar-refractivity contribution >= 4 is 24.2 Å². The van der Waals surface area contributed by atoms with Crippen LogP contribution in [0.3, 0.4) is 0 Å². The molecule has 2 N–H and O–H groups in total. The second-order valence-electron chi connectivity index (χ2n) is 5.92. The molecule has 0 heterocycles. The van der Waals surface area contributed by atoms with Crippen LogP contribution in [0, 0.1) is 0 Å². The maximum atomic E-state index is 12.7. The summed E-state index contributed by atoms with van der Waals surface area (Å²) in [6.07, 6.45) is 0.603. The maximum absolute atomic E-state index is 12.7. The molecule has 0 fully saturated rings. The number of hydrogen-bond acceptors (Lipinski definition) is 4. The van der Waals surface area contributed by atoms with Crippen molar-refractivity contribution in [3.8, 4) is 0 Å². The minimum absolute atomic E-state index is 0.508. The minimum atomic E-state index is -3.15. The Hall–Kier alpha value is 0.544. The van der Waals surface area contributed by atoms with E-state index in [-0.39, 0.29) is 0 Å². The minimum Gasteiger partial charge on any atom is -0.351 e. The molecule has 0 saturated heterocycles. The lowest BCUT2D eigenvalue weighted by molar-refractivity contribution is 0.367. The van der Waals surface area contributed by atoms with E-state index in [1.807, 2.05) is 46.2 Å². The third kappa shape index (κ3) is 6.32. The second kappa shape index (κ2) is 5.46. The summed E-state index contributed by atoms with van der Waals surface area (Å²) >= 11 is 0. The molecule has 1 unspecified atom stereocenters. The summed E-state index contributed by atoms with van der Waals surface area (Å²) in [5, 5.41) is 0. The molecular weight excluding hydrogens is 257 g/mol. The van der Waals surface area contributed by atoms with Gasteiger partial charge in [0.25, 0.3) is 0 Å². The fraction of sp³-hybridized carbons (Fsp3) is 1.00. The Kier molecular flexibility index (Phi) is 5.64. The molecular formula is C9H26NO3PSi2. The van der Waals surface area contributed by atoms with Gasteiger partial charge < -0.3 is 14.2 Å². The van der Waals surface area contributed by atoms with Gasteiger partial charge in [0.2, 0.25) is 0 Å². The molecule has 7 heteroatoms. The summed E-state index contributed by atoms with van der Waals surface area (Å²) in [5.41, 5.74) is 5.90. The Balaban J connectivity index is 4.98. The SMILES string of the molecule is CCC(N)P(=O)(O[Si](C)(C)C)O[Si](C)(C)C. The van der Waals surface area contributed by atoms with E-state index in [1.54, 1.807) is 0 Å². The van der Waals surface area contributed by atoms with Gasteiger partial charge in [-0.1, -0.05) is 6.92 Å². The van der Waals surface area contributed by atoms with Crippen molar-refractivity contribution in [1.82, 2.24) is 0 Å². The summed E-state index contributed by atoms with van der Waals surface area (Å²) in [7, 11) is -6.99. The molecule has 1 atom stereocenters. The second-order valence-corrected chi connectivity index (χ2v) is 17.6. The van der Waals surface area contributed by atoms with E-state index in [1.165, 1.54) is 0 Å². The van der Waals surface area contributed by atoms with E-state index in [2.05, 4.69) is 0 Å². The molecule has 0 aliphatic rings. The largest absolute Gasteiger partial charge is 0.351 e. The topological polar surface area (TPSA) is 61.6 Å². The van der Waals surface area contributed by atoms with Gasteiger partial charge in [0.05, 0.1) is 0 Å². The number of rotatable bonds is 6. The van der Waals surface area contributed by atoms with Crippen molar-refractivity contribution in [2.24, 2.45) is 5.73 Å². The van der Waals surface area contributed by atoms with E-state index in [0.29, 0.717) is 6.42 Å². The first-order chi connectivity index (χ1) is 6.90. The molecule has 0 spiro atoms. The fourth-order valence-electron chi connectivity index (χ4n) is 1.14. The van der Waals surface area contributed by atoms with Crippen LogP contribution in [0.25, 0.3) is 0 Å². The van der Waals surface area contributed by atoms with Crippen molar-refractivity contribution in [2.75, 3.05) is 0 Å². The number of hydrogen-bond donors (Lipinski definition) is 1. The Morgan fingerprint density at radius 3 is 1.56 bits per heavy atom. The van der Waals surface area contributed by atoms with Crippen LogP contribution in [0.4, 0.5) is 0 Å². The first-order valence-corrected chi connectivity index (χ1v) is 14.1. The Morgan fingerprint density at radius 2 is 1.38 bits per heavy atom.